The number of aryl methyl sites for hydroxylation is 1. The van der Waals surface area contributed by atoms with Gasteiger partial charge in [0.2, 0.25) is 5.88 Å². The van der Waals surface area contributed by atoms with Crippen molar-refractivity contribution in [1.29, 1.82) is 0 Å². The lowest BCUT2D eigenvalue weighted by molar-refractivity contribution is 0.0889. The van der Waals surface area contributed by atoms with Gasteiger partial charge >= 0.3 is 0 Å². The van der Waals surface area contributed by atoms with E-state index < -0.39 is 27.9 Å². The minimum absolute atomic E-state index is 0.249. The van der Waals surface area contributed by atoms with Gasteiger partial charge in [-0.05, 0) is 30.2 Å². The van der Waals surface area contributed by atoms with E-state index in [1.54, 1.807) is 31.5 Å². The molecule has 1 aromatic heterocycles. The highest BCUT2D eigenvalue weighted by molar-refractivity contribution is 7.91. The molecular weight excluding hydrogens is 356 g/mol. The van der Waals surface area contributed by atoms with Crippen molar-refractivity contribution in [3.05, 3.63) is 47.7 Å². The highest BCUT2D eigenvalue weighted by Crippen LogP contribution is 2.26. The van der Waals surface area contributed by atoms with Gasteiger partial charge in [-0.15, -0.1) is 0 Å². The van der Waals surface area contributed by atoms with E-state index in [9.17, 15) is 18.3 Å². The molecule has 1 aliphatic rings. The van der Waals surface area contributed by atoms with Crippen molar-refractivity contribution in [2.24, 2.45) is 0 Å². The van der Waals surface area contributed by atoms with E-state index >= 15 is 0 Å². The molecule has 0 radical (unpaired) electrons. The number of benzene rings is 1. The number of aromatic nitrogens is 1. The van der Waals surface area contributed by atoms with Crippen molar-refractivity contribution in [2.75, 3.05) is 18.6 Å². The van der Waals surface area contributed by atoms with E-state index in [1.165, 1.54) is 0 Å². The van der Waals surface area contributed by atoms with Crippen LogP contribution in [0.4, 0.5) is 0 Å². The normalized spacial score (nSPS) is 21.3. The molecule has 138 valence electrons. The Balaban J connectivity index is 1.82. The van der Waals surface area contributed by atoms with Gasteiger partial charge in [-0.1, -0.05) is 12.1 Å². The Morgan fingerprint density at radius 1 is 1.31 bits per heavy atom. The number of nitrogens with zero attached hydrogens (tertiary/aromatic N) is 1. The third kappa shape index (κ3) is 3.86. The Labute approximate surface area is 152 Å². The first-order valence-electron chi connectivity index (χ1n) is 8.09. The molecule has 0 bridgehead atoms. The van der Waals surface area contributed by atoms with E-state index in [4.69, 9.17) is 4.74 Å². The van der Waals surface area contributed by atoms with Gasteiger partial charge in [-0.3, -0.25) is 4.79 Å². The third-order valence-electron chi connectivity index (χ3n) is 4.37. The van der Waals surface area contributed by atoms with Gasteiger partial charge in [0.15, 0.2) is 9.84 Å². The number of methoxy groups -OCH3 is 1. The molecule has 1 amide bonds. The molecule has 1 saturated heterocycles. The average Bonchev–Trinajstić information content (AvgIpc) is 2.86. The zero-order chi connectivity index (χ0) is 18.9. The fourth-order valence-corrected chi connectivity index (χ4v) is 4.73. The summed E-state index contributed by atoms with van der Waals surface area (Å²) in [6.45, 7) is 1.92. The summed E-state index contributed by atoms with van der Waals surface area (Å²) in [5.41, 5.74) is 3.01. The second-order valence-corrected chi connectivity index (χ2v) is 8.50. The van der Waals surface area contributed by atoms with Crippen LogP contribution in [0, 0.1) is 6.92 Å². The average molecular weight is 376 g/mol. The summed E-state index contributed by atoms with van der Waals surface area (Å²) in [7, 11) is -1.78. The van der Waals surface area contributed by atoms with E-state index in [1.807, 2.05) is 19.1 Å². The fourth-order valence-electron chi connectivity index (χ4n) is 2.99. The van der Waals surface area contributed by atoms with Crippen LogP contribution in [0.15, 0.2) is 36.5 Å². The molecule has 1 aliphatic heterocycles. The van der Waals surface area contributed by atoms with Crippen LogP contribution in [0.3, 0.4) is 0 Å². The molecule has 3 rings (SSSR count). The van der Waals surface area contributed by atoms with E-state index in [2.05, 4.69) is 10.3 Å². The van der Waals surface area contributed by atoms with Gasteiger partial charge < -0.3 is 15.2 Å². The number of sulfone groups is 1. The quantitative estimate of drug-likeness (QED) is 0.823. The Hall–Kier alpha value is -2.45. The number of hydrogen-bond acceptors (Lipinski definition) is 6. The monoisotopic (exact) mass is 376 g/mol. The summed E-state index contributed by atoms with van der Waals surface area (Å²) in [5.74, 6) is -0.487. The van der Waals surface area contributed by atoms with Gasteiger partial charge in [0, 0.05) is 23.4 Å². The largest absolute Gasteiger partial charge is 0.481 e. The lowest BCUT2D eigenvalue weighted by Gasteiger charge is -2.15. The molecular formula is C18H20N2O5S. The van der Waals surface area contributed by atoms with Crippen LogP contribution in [0.25, 0.3) is 11.1 Å². The minimum Gasteiger partial charge on any atom is -0.481 e. The third-order valence-corrected chi connectivity index (χ3v) is 6.09. The van der Waals surface area contributed by atoms with Crippen LogP contribution >= 0.6 is 0 Å². The molecule has 2 heterocycles. The second-order valence-electron chi connectivity index (χ2n) is 6.35. The molecule has 7 nitrogen and oxygen atoms in total. The number of carbonyl (C=O) groups is 1. The van der Waals surface area contributed by atoms with Crippen molar-refractivity contribution < 1.29 is 23.1 Å². The number of nitrogens with one attached hydrogen (secondary N) is 1. The molecule has 0 aliphatic carbocycles. The molecule has 0 spiro atoms. The van der Waals surface area contributed by atoms with Crippen LogP contribution in [-0.2, 0) is 9.84 Å². The minimum atomic E-state index is -3.32. The van der Waals surface area contributed by atoms with Crippen molar-refractivity contribution in [3.63, 3.8) is 0 Å². The summed E-state index contributed by atoms with van der Waals surface area (Å²) >= 11 is 0. The number of rotatable bonds is 4. The number of pyridine rings is 1. The molecule has 1 aromatic carbocycles. The van der Waals surface area contributed by atoms with Gasteiger partial charge in [0.1, 0.15) is 0 Å². The topological polar surface area (TPSA) is 106 Å². The number of aliphatic hydroxyl groups excluding tert-OH is 1. The Morgan fingerprint density at radius 3 is 2.69 bits per heavy atom. The number of hydrogen-bond donors (Lipinski definition) is 2. The fraction of sp³-hybridized carbons (Fsp3) is 0.333. The molecule has 2 atom stereocenters. The van der Waals surface area contributed by atoms with Gasteiger partial charge in [-0.25, -0.2) is 13.4 Å². The maximum atomic E-state index is 12.5. The highest BCUT2D eigenvalue weighted by atomic mass is 32.2. The van der Waals surface area contributed by atoms with Crippen molar-refractivity contribution in [2.45, 2.75) is 19.1 Å². The smallest absolute Gasteiger partial charge is 0.251 e. The Bertz CT molecular complexity index is 942. The summed E-state index contributed by atoms with van der Waals surface area (Å²) in [5, 5.41) is 12.4. The zero-order valence-electron chi connectivity index (χ0n) is 14.5. The summed E-state index contributed by atoms with van der Waals surface area (Å²) in [6, 6.07) is 7.98. The van der Waals surface area contributed by atoms with Gasteiger partial charge in [-0.2, -0.15) is 0 Å². The Morgan fingerprint density at radius 2 is 2.08 bits per heavy atom. The van der Waals surface area contributed by atoms with Crippen LogP contribution in [0.2, 0.25) is 0 Å². The van der Waals surface area contributed by atoms with Gasteiger partial charge in [0.05, 0.1) is 30.8 Å². The maximum absolute atomic E-state index is 12.5. The molecule has 26 heavy (non-hydrogen) atoms. The Kier molecular flexibility index (Phi) is 4.97. The second kappa shape index (κ2) is 7.05. The van der Waals surface area contributed by atoms with E-state index in [-0.39, 0.29) is 11.5 Å². The lowest BCUT2D eigenvalue weighted by atomic mass is 10.0. The number of amides is 1. The standard InChI is InChI=1S/C18H20N2O5S/c1-11-6-17(25-2)19-8-14(11)12-4-3-5-13(7-12)18(22)20-15-9-26(23,24)10-16(15)21/h3-8,15-16,21H,9-10H2,1-2H3,(H,20,22)/t15-,16-/m1/s1. The van der Waals surface area contributed by atoms with Gasteiger partial charge in [0.25, 0.3) is 5.91 Å². The first kappa shape index (κ1) is 18.3. The van der Waals surface area contributed by atoms with Crippen molar-refractivity contribution >= 4 is 15.7 Å². The number of aliphatic hydroxyl groups is 1. The number of ether oxygens (including phenoxy) is 1. The van der Waals surface area contributed by atoms with Crippen LogP contribution in [0.1, 0.15) is 15.9 Å². The first-order valence-corrected chi connectivity index (χ1v) is 9.91. The summed E-state index contributed by atoms with van der Waals surface area (Å²) < 4.78 is 28.2. The molecule has 0 saturated carbocycles. The zero-order valence-corrected chi connectivity index (χ0v) is 15.3. The van der Waals surface area contributed by atoms with E-state index in [0.717, 1.165) is 16.7 Å². The molecule has 1 fully saturated rings. The van der Waals surface area contributed by atoms with Crippen molar-refractivity contribution in [1.82, 2.24) is 10.3 Å². The SMILES string of the molecule is COc1cc(C)c(-c2cccc(C(=O)N[C@@H]3CS(=O)(=O)C[C@H]3O)c2)cn1. The summed E-state index contributed by atoms with van der Waals surface area (Å²) in [4.78, 5) is 16.7. The number of carbonyl (C=O) groups excluding carboxylic acids is 1. The van der Waals surface area contributed by atoms with E-state index in [0.29, 0.717) is 11.4 Å². The lowest BCUT2D eigenvalue weighted by Crippen LogP contribution is -2.42. The van der Waals surface area contributed by atoms with Crippen LogP contribution < -0.4 is 10.1 Å². The maximum Gasteiger partial charge on any atom is 0.251 e. The van der Waals surface area contributed by atoms with Crippen molar-refractivity contribution in [3.8, 4) is 17.0 Å². The molecule has 8 heteroatoms. The molecule has 2 aromatic rings. The highest BCUT2D eigenvalue weighted by Gasteiger charge is 2.37. The van der Waals surface area contributed by atoms with Crippen LogP contribution in [0.5, 0.6) is 5.88 Å². The molecule has 2 N–H and O–H groups in total. The molecule has 0 unspecified atom stereocenters. The summed E-state index contributed by atoms with van der Waals surface area (Å²) in [6.07, 6.45) is 0.596. The predicted octanol–water partition coefficient (Wildman–Crippen LogP) is 0.953. The first-order chi connectivity index (χ1) is 12.3. The predicted molar refractivity (Wildman–Crippen MR) is 96.9 cm³/mol. The van der Waals surface area contributed by atoms with Crippen LogP contribution in [-0.4, -0.2) is 55.2 Å².